The molecule has 1 fully saturated rings. The molecule has 0 bridgehead atoms. The summed E-state index contributed by atoms with van der Waals surface area (Å²) in [6.07, 6.45) is 1.19. The minimum absolute atomic E-state index is 0.0247. The minimum atomic E-state index is 0.0247. The standard InChI is InChI=1S/C23H32N4O/c1-2-24-23(26-16-21(18-28)20-9-5-3-6-10-20)25-15-19-13-14-27(17-19)22-11-7-4-8-12-22/h3-12,19,21,28H,2,13-18H2,1H3,(H2,24,25,26). The van der Waals surface area contributed by atoms with Crippen molar-refractivity contribution in [3.05, 3.63) is 66.2 Å². The van der Waals surface area contributed by atoms with E-state index in [1.165, 1.54) is 12.1 Å². The first-order valence-electron chi connectivity index (χ1n) is 10.3. The molecule has 150 valence electrons. The number of aliphatic imine (C=N–C) groups is 1. The number of nitrogens with one attached hydrogen (secondary N) is 2. The molecule has 3 N–H and O–H groups in total. The zero-order valence-corrected chi connectivity index (χ0v) is 16.7. The molecule has 0 radical (unpaired) electrons. The minimum Gasteiger partial charge on any atom is -0.396 e. The molecule has 0 spiro atoms. The van der Waals surface area contributed by atoms with Crippen LogP contribution < -0.4 is 15.5 Å². The molecule has 28 heavy (non-hydrogen) atoms. The fraction of sp³-hybridized carbons (Fsp3) is 0.435. The number of hydrogen-bond donors (Lipinski definition) is 3. The van der Waals surface area contributed by atoms with Gasteiger partial charge in [0.2, 0.25) is 0 Å². The van der Waals surface area contributed by atoms with Gasteiger partial charge in [-0.25, -0.2) is 0 Å². The van der Waals surface area contributed by atoms with Crippen molar-refractivity contribution in [3.63, 3.8) is 0 Å². The van der Waals surface area contributed by atoms with Gasteiger partial charge < -0.3 is 20.6 Å². The second kappa shape index (κ2) is 10.7. The van der Waals surface area contributed by atoms with E-state index in [4.69, 9.17) is 4.99 Å². The van der Waals surface area contributed by atoms with Gasteiger partial charge in [0.15, 0.2) is 5.96 Å². The lowest BCUT2D eigenvalue weighted by Crippen LogP contribution is -2.40. The van der Waals surface area contributed by atoms with Crippen molar-refractivity contribution in [2.45, 2.75) is 19.3 Å². The van der Waals surface area contributed by atoms with Gasteiger partial charge in [-0.2, -0.15) is 0 Å². The molecule has 0 saturated carbocycles. The quantitative estimate of drug-likeness (QED) is 0.487. The van der Waals surface area contributed by atoms with Crippen molar-refractivity contribution in [1.82, 2.24) is 10.6 Å². The van der Waals surface area contributed by atoms with Crippen molar-refractivity contribution in [3.8, 4) is 0 Å². The maximum absolute atomic E-state index is 9.75. The Morgan fingerprint density at radius 3 is 2.50 bits per heavy atom. The van der Waals surface area contributed by atoms with Gasteiger partial charge >= 0.3 is 0 Å². The van der Waals surface area contributed by atoms with Crippen LogP contribution in [-0.2, 0) is 0 Å². The van der Waals surface area contributed by atoms with Crippen LogP contribution >= 0.6 is 0 Å². The summed E-state index contributed by atoms with van der Waals surface area (Å²) in [6.45, 7) is 6.64. The second-order valence-electron chi connectivity index (χ2n) is 7.33. The Morgan fingerprint density at radius 1 is 1.11 bits per heavy atom. The first kappa shape index (κ1) is 20.2. The van der Waals surface area contributed by atoms with Crippen LogP contribution in [0.1, 0.15) is 24.8 Å². The van der Waals surface area contributed by atoms with Crippen LogP contribution in [0.25, 0.3) is 0 Å². The van der Waals surface area contributed by atoms with E-state index >= 15 is 0 Å². The molecule has 1 aliphatic heterocycles. The SMILES string of the molecule is CCNC(=NCC(CO)c1ccccc1)NCC1CCN(c2ccccc2)C1. The number of anilines is 1. The number of aliphatic hydroxyl groups is 1. The molecule has 1 saturated heterocycles. The van der Waals surface area contributed by atoms with Crippen LogP contribution in [-0.4, -0.2) is 50.4 Å². The molecule has 1 aliphatic rings. The Kier molecular flexibility index (Phi) is 7.73. The fourth-order valence-electron chi connectivity index (χ4n) is 3.65. The summed E-state index contributed by atoms with van der Waals surface area (Å²) >= 11 is 0. The Morgan fingerprint density at radius 2 is 1.82 bits per heavy atom. The van der Waals surface area contributed by atoms with Gasteiger partial charge in [-0.3, -0.25) is 4.99 Å². The van der Waals surface area contributed by atoms with Crippen LogP contribution in [0.3, 0.4) is 0 Å². The summed E-state index contributed by atoms with van der Waals surface area (Å²) in [4.78, 5) is 7.17. The maximum Gasteiger partial charge on any atom is 0.191 e. The molecule has 2 unspecified atom stereocenters. The highest BCUT2D eigenvalue weighted by Gasteiger charge is 2.22. The van der Waals surface area contributed by atoms with E-state index in [0.717, 1.165) is 37.7 Å². The summed E-state index contributed by atoms with van der Waals surface area (Å²) in [5, 5.41) is 16.6. The summed E-state index contributed by atoms with van der Waals surface area (Å²) in [5.74, 6) is 1.46. The van der Waals surface area contributed by atoms with Crippen LogP contribution in [0.15, 0.2) is 65.7 Å². The van der Waals surface area contributed by atoms with Gasteiger partial charge in [-0.15, -0.1) is 0 Å². The predicted molar refractivity (Wildman–Crippen MR) is 117 cm³/mol. The van der Waals surface area contributed by atoms with E-state index in [2.05, 4.69) is 52.8 Å². The van der Waals surface area contributed by atoms with Crippen molar-refractivity contribution >= 4 is 11.6 Å². The van der Waals surface area contributed by atoms with Gasteiger partial charge in [0, 0.05) is 37.8 Å². The van der Waals surface area contributed by atoms with Gasteiger partial charge in [0.25, 0.3) is 0 Å². The molecule has 0 aliphatic carbocycles. The third-order valence-corrected chi connectivity index (χ3v) is 5.27. The van der Waals surface area contributed by atoms with Gasteiger partial charge in [0.1, 0.15) is 0 Å². The monoisotopic (exact) mass is 380 g/mol. The predicted octanol–water partition coefficient (Wildman–Crippen LogP) is 2.84. The van der Waals surface area contributed by atoms with E-state index in [1.807, 2.05) is 30.3 Å². The molecule has 0 amide bonds. The first-order chi connectivity index (χ1) is 13.8. The van der Waals surface area contributed by atoms with Crippen molar-refractivity contribution in [2.75, 3.05) is 44.2 Å². The van der Waals surface area contributed by atoms with E-state index in [1.54, 1.807) is 0 Å². The Balaban J connectivity index is 1.52. The Bertz CT molecular complexity index is 720. The van der Waals surface area contributed by atoms with Gasteiger partial charge in [-0.1, -0.05) is 48.5 Å². The van der Waals surface area contributed by atoms with Gasteiger partial charge in [0.05, 0.1) is 13.2 Å². The largest absolute Gasteiger partial charge is 0.396 e. The van der Waals surface area contributed by atoms with Crippen LogP contribution in [0, 0.1) is 5.92 Å². The molecular weight excluding hydrogens is 348 g/mol. The van der Waals surface area contributed by atoms with E-state index in [9.17, 15) is 5.11 Å². The van der Waals surface area contributed by atoms with Gasteiger partial charge in [-0.05, 0) is 37.0 Å². The lowest BCUT2D eigenvalue weighted by Gasteiger charge is -2.19. The van der Waals surface area contributed by atoms with Crippen molar-refractivity contribution in [1.29, 1.82) is 0 Å². The fourth-order valence-corrected chi connectivity index (χ4v) is 3.65. The lowest BCUT2D eigenvalue weighted by molar-refractivity contribution is 0.268. The first-order valence-corrected chi connectivity index (χ1v) is 10.3. The highest BCUT2D eigenvalue weighted by atomic mass is 16.3. The molecule has 1 heterocycles. The Hall–Kier alpha value is -2.53. The molecular formula is C23H32N4O. The summed E-state index contributed by atoms with van der Waals surface area (Å²) < 4.78 is 0. The normalized spacial score (nSPS) is 18.1. The number of rotatable bonds is 8. The number of guanidine groups is 1. The van der Waals surface area contributed by atoms with E-state index in [0.29, 0.717) is 12.5 Å². The van der Waals surface area contributed by atoms with Crippen LogP contribution in [0.2, 0.25) is 0 Å². The lowest BCUT2D eigenvalue weighted by atomic mass is 10.0. The Labute approximate surface area is 168 Å². The zero-order chi connectivity index (χ0) is 19.6. The average Bonchev–Trinajstić information content (AvgIpc) is 3.23. The molecule has 5 heteroatoms. The topological polar surface area (TPSA) is 59.9 Å². The highest BCUT2D eigenvalue weighted by molar-refractivity contribution is 5.79. The smallest absolute Gasteiger partial charge is 0.191 e. The van der Waals surface area contributed by atoms with Crippen LogP contribution in [0.5, 0.6) is 0 Å². The summed E-state index contributed by atoms with van der Waals surface area (Å²) in [7, 11) is 0. The second-order valence-corrected chi connectivity index (χ2v) is 7.33. The third kappa shape index (κ3) is 5.73. The average molecular weight is 381 g/mol. The van der Waals surface area contributed by atoms with Crippen molar-refractivity contribution < 1.29 is 5.11 Å². The molecule has 3 rings (SSSR count). The molecule has 2 aromatic carbocycles. The number of hydrogen-bond acceptors (Lipinski definition) is 3. The molecule has 2 aromatic rings. The van der Waals surface area contributed by atoms with E-state index in [-0.39, 0.29) is 12.5 Å². The maximum atomic E-state index is 9.75. The summed E-state index contributed by atoms with van der Waals surface area (Å²) in [5.41, 5.74) is 2.43. The van der Waals surface area contributed by atoms with Crippen molar-refractivity contribution in [2.24, 2.45) is 10.9 Å². The highest BCUT2D eigenvalue weighted by Crippen LogP contribution is 2.23. The zero-order valence-electron chi connectivity index (χ0n) is 16.7. The number of aliphatic hydroxyl groups excluding tert-OH is 1. The molecule has 5 nitrogen and oxygen atoms in total. The summed E-state index contributed by atoms with van der Waals surface area (Å²) in [6, 6.07) is 20.7. The molecule has 0 aromatic heterocycles. The third-order valence-electron chi connectivity index (χ3n) is 5.27. The number of para-hydroxylation sites is 1. The van der Waals surface area contributed by atoms with Crippen LogP contribution in [0.4, 0.5) is 5.69 Å². The number of nitrogens with zero attached hydrogens (tertiary/aromatic N) is 2. The van der Waals surface area contributed by atoms with E-state index < -0.39 is 0 Å². The number of benzene rings is 2. The molecule has 2 atom stereocenters.